The van der Waals surface area contributed by atoms with Gasteiger partial charge in [-0.3, -0.25) is 10.1 Å². The van der Waals surface area contributed by atoms with Crippen molar-refractivity contribution in [3.05, 3.63) is 65.5 Å². The number of nitrogens with one attached hydrogen (secondary N) is 2. The Morgan fingerprint density at radius 3 is 2.58 bits per heavy atom. The van der Waals surface area contributed by atoms with E-state index < -0.39 is 11.7 Å². The molecule has 2 N–H and O–H groups in total. The van der Waals surface area contributed by atoms with Crippen molar-refractivity contribution in [2.75, 3.05) is 5.32 Å². The number of hydrogen-bond acceptors (Lipinski definition) is 4. The minimum atomic E-state index is -0.615. The van der Waals surface area contributed by atoms with Crippen molar-refractivity contribution < 1.29 is 9.18 Å². The SMILES string of the molecule is N#Cc1nc(NC(=O)c2ccc(-n3cccc3)c(F)c2)[nH]c1C#N. The second kappa shape index (κ2) is 6.07. The van der Waals surface area contributed by atoms with E-state index in [0.29, 0.717) is 5.69 Å². The molecule has 0 aliphatic rings. The van der Waals surface area contributed by atoms with Crippen LogP contribution in [0.1, 0.15) is 21.7 Å². The maximum atomic E-state index is 14.2. The number of rotatable bonds is 3. The molecule has 0 bridgehead atoms. The quantitative estimate of drug-likeness (QED) is 0.771. The number of anilines is 1. The minimum absolute atomic E-state index is 0.0528. The maximum Gasteiger partial charge on any atom is 0.258 e. The summed E-state index contributed by atoms with van der Waals surface area (Å²) in [5.41, 5.74) is 0.216. The van der Waals surface area contributed by atoms with Crippen LogP contribution in [0.25, 0.3) is 5.69 Å². The van der Waals surface area contributed by atoms with Crippen LogP contribution in [-0.2, 0) is 0 Å². The molecule has 0 unspecified atom stereocenters. The van der Waals surface area contributed by atoms with Crippen molar-refractivity contribution in [1.29, 1.82) is 10.5 Å². The Balaban J connectivity index is 1.84. The van der Waals surface area contributed by atoms with E-state index in [1.54, 1.807) is 41.2 Å². The van der Waals surface area contributed by atoms with E-state index in [9.17, 15) is 9.18 Å². The van der Waals surface area contributed by atoms with E-state index in [1.165, 1.54) is 12.1 Å². The van der Waals surface area contributed by atoms with Crippen LogP contribution in [0, 0.1) is 28.5 Å². The van der Waals surface area contributed by atoms with E-state index >= 15 is 0 Å². The summed E-state index contributed by atoms with van der Waals surface area (Å²) in [7, 11) is 0. The van der Waals surface area contributed by atoms with Crippen LogP contribution in [0.2, 0.25) is 0 Å². The first-order valence-corrected chi connectivity index (χ1v) is 6.77. The summed E-state index contributed by atoms with van der Waals surface area (Å²) in [6.45, 7) is 0. The zero-order chi connectivity index (χ0) is 17.1. The summed E-state index contributed by atoms with van der Waals surface area (Å²) < 4.78 is 15.8. The van der Waals surface area contributed by atoms with Crippen LogP contribution >= 0.6 is 0 Å². The van der Waals surface area contributed by atoms with Gasteiger partial charge >= 0.3 is 0 Å². The Bertz CT molecular complexity index is 959. The Morgan fingerprint density at radius 1 is 1.25 bits per heavy atom. The molecule has 24 heavy (non-hydrogen) atoms. The molecule has 1 amide bonds. The highest BCUT2D eigenvalue weighted by Crippen LogP contribution is 2.16. The first-order valence-electron chi connectivity index (χ1n) is 6.77. The van der Waals surface area contributed by atoms with E-state index in [4.69, 9.17) is 10.5 Å². The second-order valence-electron chi connectivity index (χ2n) is 4.74. The fraction of sp³-hybridized carbons (Fsp3) is 0. The lowest BCUT2D eigenvalue weighted by Gasteiger charge is -2.07. The van der Waals surface area contributed by atoms with Crippen LogP contribution in [0.15, 0.2) is 42.7 Å². The van der Waals surface area contributed by atoms with Gasteiger partial charge in [-0.05, 0) is 30.3 Å². The number of H-pyrrole nitrogens is 1. The highest BCUT2D eigenvalue weighted by molar-refractivity contribution is 6.03. The standard InChI is InChI=1S/C16H9FN6O/c17-11-7-10(3-4-14(11)23-5-1-2-6-23)15(24)22-16-20-12(8-18)13(9-19)21-16/h1-7H,(H2,20,21,22,24). The van der Waals surface area contributed by atoms with Crippen molar-refractivity contribution in [2.24, 2.45) is 0 Å². The zero-order valence-electron chi connectivity index (χ0n) is 12.1. The first-order chi connectivity index (χ1) is 11.6. The molecule has 0 saturated carbocycles. The lowest BCUT2D eigenvalue weighted by Crippen LogP contribution is -2.13. The average Bonchev–Trinajstić information content (AvgIpc) is 3.23. The molecule has 0 aliphatic heterocycles. The van der Waals surface area contributed by atoms with Gasteiger partial charge in [-0.2, -0.15) is 10.5 Å². The zero-order valence-corrected chi connectivity index (χ0v) is 12.1. The molecule has 1 aromatic carbocycles. The molecule has 0 aliphatic carbocycles. The molecular formula is C16H9FN6O. The molecular weight excluding hydrogens is 311 g/mol. The number of amides is 1. The molecule has 3 aromatic rings. The molecule has 7 nitrogen and oxygen atoms in total. The summed E-state index contributed by atoms with van der Waals surface area (Å²) in [6, 6.07) is 11.1. The van der Waals surface area contributed by atoms with Gasteiger partial charge in [-0.1, -0.05) is 0 Å². The van der Waals surface area contributed by atoms with Gasteiger partial charge < -0.3 is 9.55 Å². The van der Waals surface area contributed by atoms with Crippen molar-refractivity contribution in [3.8, 4) is 17.8 Å². The molecule has 3 rings (SSSR count). The third-order valence-corrected chi connectivity index (χ3v) is 3.25. The summed E-state index contributed by atoms with van der Waals surface area (Å²) in [5, 5.41) is 20.0. The van der Waals surface area contributed by atoms with Crippen molar-refractivity contribution in [3.63, 3.8) is 0 Å². The number of nitriles is 2. The fourth-order valence-electron chi connectivity index (χ4n) is 2.13. The minimum Gasteiger partial charge on any atom is -0.321 e. The van der Waals surface area contributed by atoms with Crippen LogP contribution in [0.5, 0.6) is 0 Å². The van der Waals surface area contributed by atoms with Gasteiger partial charge in [-0.15, -0.1) is 0 Å². The van der Waals surface area contributed by atoms with Gasteiger partial charge in [0.05, 0.1) is 5.69 Å². The normalized spacial score (nSPS) is 9.96. The van der Waals surface area contributed by atoms with Gasteiger partial charge in [-0.25, -0.2) is 9.37 Å². The van der Waals surface area contributed by atoms with Crippen LogP contribution in [0.3, 0.4) is 0 Å². The van der Waals surface area contributed by atoms with Crippen molar-refractivity contribution >= 4 is 11.9 Å². The Morgan fingerprint density at radius 2 is 2.00 bits per heavy atom. The number of hydrogen-bond donors (Lipinski definition) is 2. The predicted octanol–water partition coefficient (Wildman–Crippen LogP) is 2.34. The molecule has 0 atom stereocenters. The van der Waals surface area contributed by atoms with Gasteiger partial charge in [0, 0.05) is 18.0 Å². The lowest BCUT2D eigenvalue weighted by molar-refractivity contribution is 0.102. The smallest absolute Gasteiger partial charge is 0.258 e. The second-order valence-corrected chi connectivity index (χ2v) is 4.74. The monoisotopic (exact) mass is 320 g/mol. The van der Waals surface area contributed by atoms with E-state index in [2.05, 4.69) is 15.3 Å². The number of aromatic amines is 1. The number of nitrogens with zero attached hydrogens (tertiary/aromatic N) is 4. The highest BCUT2D eigenvalue weighted by Gasteiger charge is 2.14. The average molecular weight is 320 g/mol. The Hall–Kier alpha value is -3.91. The molecule has 2 heterocycles. The third kappa shape index (κ3) is 2.72. The summed E-state index contributed by atoms with van der Waals surface area (Å²) in [5.74, 6) is -1.23. The Labute approximate surface area is 135 Å². The third-order valence-electron chi connectivity index (χ3n) is 3.25. The van der Waals surface area contributed by atoms with Crippen LogP contribution in [-0.4, -0.2) is 20.4 Å². The molecule has 8 heteroatoms. The molecule has 0 saturated heterocycles. The summed E-state index contributed by atoms with van der Waals surface area (Å²) in [6.07, 6.45) is 3.38. The van der Waals surface area contributed by atoms with Crippen LogP contribution < -0.4 is 5.32 Å². The Kier molecular flexibility index (Phi) is 3.79. The summed E-state index contributed by atoms with van der Waals surface area (Å²) in [4.78, 5) is 18.4. The molecule has 0 spiro atoms. The lowest BCUT2D eigenvalue weighted by atomic mass is 10.2. The molecule has 116 valence electrons. The number of aromatic nitrogens is 3. The molecule has 0 radical (unpaired) electrons. The summed E-state index contributed by atoms with van der Waals surface area (Å²) >= 11 is 0. The fourth-order valence-corrected chi connectivity index (χ4v) is 2.13. The van der Waals surface area contributed by atoms with E-state index in [0.717, 1.165) is 6.07 Å². The molecule has 2 aromatic heterocycles. The van der Waals surface area contributed by atoms with Gasteiger partial charge in [0.1, 0.15) is 18.0 Å². The van der Waals surface area contributed by atoms with Gasteiger partial charge in [0.2, 0.25) is 5.95 Å². The van der Waals surface area contributed by atoms with Gasteiger partial charge in [0.25, 0.3) is 5.91 Å². The number of carbonyl (C=O) groups is 1. The number of benzene rings is 1. The largest absolute Gasteiger partial charge is 0.321 e. The maximum absolute atomic E-state index is 14.2. The number of halogens is 1. The highest BCUT2D eigenvalue weighted by atomic mass is 19.1. The van der Waals surface area contributed by atoms with E-state index in [1.807, 2.05) is 0 Å². The predicted molar refractivity (Wildman–Crippen MR) is 81.7 cm³/mol. The van der Waals surface area contributed by atoms with Crippen molar-refractivity contribution in [1.82, 2.24) is 14.5 Å². The van der Waals surface area contributed by atoms with Crippen LogP contribution in [0.4, 0.5) is 10.3 Å². The number of imidazole rings is 1. The van der Waals surface area contributed by atoms with E-state index in [-0.39, 0.29) is 22.9 Å². The molecule has 0 fully saturated rings. The number of carbonyl (C=O) groups excluding carboxylic acids is 1. The first kappa shape index (κ1) is 15.0. The van der Waals surface area contributed by atoms with Gasteiger partial charge in [0.15, 0.2) is 11.4 Å². The topological polar surface area (TPSA) is 110 Å². The van der Waals surface area contributed by atoms with Crippen molar-refractivity contribution in [2.45, 2.75) is 0 Å².